The number of carbonyl (C=O) groups is 1. The zero-order valence-corrected chi connectivity index (χ0v) is 14.1. The molecule has 1 aliphatic rings. The topological polar surface area (TPSA) is 70.9 Å². The Labute approximate surface area is 144 Å². The third kappa shape index (κ3) is 3.60. The highest BCUT2D eigenvalue weighted by molar-refractivity contribution is 8.18. The Morgan fingerprint density at radius 3 is 2.79 bits per heavy atom. The number of aliphatic imine (C=N–C) groups is 1. The van der Waals surface area contributed by atoms with E-state index in [1.165, 1.54) is 18.9 Å². The lowest BCUT2D eigenvalue weighted by Gasteiger charge is -2.03. The monoisotopic (exact) mass is 340 g/mol. The van der Waals surface area contributed by atoms with Crippen LogP contribution in [0.15, 0.2) is 52.4 Å². The van der Waals surface area contributed by atoms with E-state index in [1.54, 1.807) is 24.3 Å². The van der Waals surface area contributed by atoms with Crippen LogP contribution in [0.25, 0.3) is 6.08 Å². The average Bonchev–Trinajstić information content (AvgIpc) is 2.87. The molecule has 1 fully saturated rings. The average molecular weight is 340 g/mol. The number of aromatic hydroxyl groups is 1. The molecule has 2 aromatic carbocycles. The molecule has 1 heterocycles. The van der Waals surface area contributed by atoms with Crippen LogP contribution < -0.4 is 10.1 Å². The highest BCUT2D eigenvalue weighted by Crippen LogP contribution is 2.31. The number of rotatable bonds is 3. The second-order valence-corrected chi connectivity index (χ2v) is 6.28. The van der Waals surface area contributed by atoms with E-state index in [9.17, 15) is 9.90 Å². The first-order valence-corrected chi connectivity index (χ1v) is 8.10. The predicted octanol–water partition coefficient (Wildman–Crippen LogP) is 3.60. The number of thioether (sulfide) groups is 1. The maximum Gasteiger partial charge on any atom is 0.264 e. The maximum atomic E-state index is 12.1. The van der Waals surface area contributed by atoms with Crippen LogP contribution >= 0.6 is 11.8 Å². The lowest BCUT2D eigenvalue weighted by molar-refractivity contribution is -0.115. The summed E-state index contributed by atoms with van der Waals surface area (Å²) >= 11 is 1.27. The minimum Gasteiger partial charge on any atom is -0.504 e. The summed E-state index contributed by atoms with van der Waals surface area (Å²) in [7, 11) is 1.49. The first kappa shape index (κ1) is 16.1. The first-order chi connectivity index (χ1) is 11.5. The third-order valence-electron chi connectivity index (χ3n) is 3.38. The van der Waals surface area contributed by atoms with Crippen molar-refractivity contribution in [3.05, 3.63) is 58.5 Å². The molecule has 2 aromatic rings. The summed E-state index contributed by atoms with van der Waals surface area (Å²) in [6.45, 7) is 1.99. The van der Waals surface area contributed by atoms with Gasteiger partial charge in [-0.25, -0.2) is 4.99 Å². The number of benzene rings is 2. The van der Waals surface area contributed by atoms with Crippen LogP contribution in [-0.4, -0.2) is 23.3 Å². The van der Waals surface area contributed by atoms with E-state index in [-0.39, 0.29) is 11.7 Å². The van der Waals surface area contributed by atoms with E-state index < -0.39 is 0 Å². The van der Waals surface area contributed by atoms with Crippen molar-refractivity contribution in [2.45, 2.75) is 6.92 Å². The van der Waals surface area contributed by atoms with Gasteiger partial charge in [0.2, 0.25) is 0 Å². The van der Waals surface area contributed by atoms with Crippen molar-refractivity contribution in [2.24, 2.45) is 4.99 Å². The summed E-state index contributed by atoms with van der Waals surface area (Å²) in [5, 5.41) is 13.1. The number of phenols is 1. The molecule has 24 heavy (non-hydrogen) atoms. The molecule has 0 spiro atoms. The zero-order chi connectivity index (χ0) is 17.1. The van der Waals surface area contributed by atoms with E-state index in [2.05, 4.69) is 10.3 Å². The van der Waals surface area contributed by atoms with Gasteiger partial charge in [0.05, 0.1) is 17.7 Å². The van der Waals surface area contributed by atoms with Gasteiger partial charge in [-0.2, -0.15) is 0 Å². The Morgan fingerprint density at radius 2 is 2.08 bits per heavy atom. The van der Waals surface area contributed by atoms with Crippen LogP contribution in [0.4, 0.5) is 5.69 Å². The fourth-order valence-corrected chi connectivity index (χ4v) is 3.09. The van der Waals surface area contributed by atoms with Crippen molar-refractivity contribution in [1.29, 1.82) is 0 Å². The smallest absolute Gasteiger partial charge is 0.264 e. The van der Waals surface area contributed by atoms with Crippen molar-refractivity contribution in [3.8, 4) is 11.5 Å². The van der Waals surface area contributed by atoms with Crippen molar-refractivity contribution < 1.29 is 14.6 Å². The normalized spacial score (nSPS) is 17.3. The van der Waals surface area contributed by atoms with E-state index in [0.29, 0.717) is 21.4 Å². The summed E-state index contributed by atoms with van der Waals surface area (Å²) in [6, 6.07) is 12.7. The van der Waals surface area contributed by atoms with Crippen molar-refractivity contribution in [1.82, 2.24) is 5.32 Å². The quantitative estimate of drug-likeness (QED) is 0.838. The number of hydrogen-bond donors (Lipinski definition) is 2. The molecule has 0 aromatic heterocycles. The number of methoxy groups -OCH3 is 1. The summed E-state index contributed by atoms with van der Waals surface area (Å²) in [6.07, 6.45) is 1.71. The highest BCUT2D eigenvalue weighted by atomic mass is 32.2. The second-order valence-electron chi connectivity index (χ2n) is 5.25. The molecule has 0 bridgehead atoms. The number of amides is 1. The fraction of sp³-hybridized carbons (Fsp3) is 0.111. The van der Waals surface area contributed by atoms with Gasteiger partial charge in [-0.3, -0.25) is 4.79 Å². The summed E-state index contributed by atoms with van der Waals surface area (Å²) in [5.41, 5.74) is 2.61. The van der Waals surface area contributed by atoms with E-state index in [0.717, 1.165) is 11.3 Å². The minimum atomic E-state index is -0.207. The molecule has 3 rings (SSSR count). The Bertz CT molecular complexity index is 859. The molecule has 0 saturated carbocycles. The second kappa shape index (κ2) is 6.80. The minimum absolute atomic E-state index is 0.0314. The summed E-state index contributed by atoms with van der Waals surface area (Å²) in [5.74, 6) is 0.216. The largest absolute Gasteiger partial charge is 0.504 e. The number of aryl methyl sites for hydroxylation is 1. The Morgan fingerprint density at radius 1 is 1.25 bits per heavy atom. The molecule has 2 N–H and O–H groups in total. The molecule has 1 saturated heterocycles. The number of amidine groups is 1. The van der Waals surface area contributed by atoms with Gasteiger partial charge < -0.3 is 15.2 Å². The molecule has 0 radical (unpaired) electrons. The Balaban J connectivity index is 1.83. The molecule has 0 aliphatic carbocycles. The van der Waals surface area contributed by atoms with E-state index >= 15 is 0 Å². The first-order valence-electron chi connectivity index (χ1n) is 7.28. The molecule has 5 nitrogen and oxygen atoms in total. The van der Waals surface area contributed by atoms with Gasteiger partial charge in [0.1, 0.15) is 0 Å². The lowest BCUT2D eigenvalue weighted by Crippen LogP contribution is -2.19. The maximum absolute atomic E-state index is 12.1. The molecular weight excluding hydrogens is 324 g/mol. The molecule has 0 atom stereocenters. The summed E-state index contributed by atoms with van der Waals surface area (Å²) in [4.78, 5) is 17.0. The van der Waals surface area contributed by atoms with Gasteiger partial charge in [0.15, 0.2) is 16.7 Å². The van der Waals surface area contributed by atoms with Crippen molar-refractivity contribution in [3.63, 3.8) is 0 Å². The number of nitrogens with zero attached hydrogens (tertiary/aromatic N) is 1. The van der Waals surface area contributed by atoms with E-state index in [1.807, 2.05) is 31.2 Å². The van der Waals surface area contributed by atoms with Crippen LogP contribution in [0.1, 0.15) is 11.1 Å². The number of phenolic OH excluding ortho intramolecular Hbond substituents is 1. The van der Waals surface area contributed by atoms with E-state index in [4.69, 9.17) is 4.74 Å². The van der Waals surface area contributed by atoms with Gasteiger partial charge in [-0.05, 0) is 60.2 Å². The Kier molecular flexibility index (Phi) is 4.57. The lowest BCUT2D eigenvalue weighted by atomic mass is 10.2. The van der Waals surface area contributed by atoms with Crippen molar-refractivity contribution in [2.75, 3.05) is 7.11 Å². The van der Waals surface area contributed by atoms with Gasteiger partial charge in [0.25, 0.3) is 5.91 Å². The molecular formula is C18H16N2O3S. The van der Waals surface area contributed by atoms with Gasteiger partial charge in [0, 0.05) is 0 Å². The van der Waals surface area contributed by atoms with Crippen LogP contribution in [0, 0.1) is 6.92 Å². The zero-order valence-electron chi connectivity index (χ0n) is 13.2. The molecule has 1 aliphatic heterocycles. The van der Waals surface area contributed by atoms with Gasteiger partial charge in [-0.15, -0.1) is 0 Å². The number of hydrogen-bond acceptors (Lipinski definition) is 5. The fourth-order valence-electron chi connectivity index (χ4n) is 2.24. The standard InChI is InChI=1S/C18H16N2O3S/c1-11-4-3-5-13(8-11)19-18-20-17(22)16(24-18)10-12-6-7-15(23-2)14(21)9-12/h3-10,21H,1-2H3,(H,19,20,22)/b16-10-. The van der Waals surface area contributed by atoms with Crippen LogP contribution in [0.2, 0.25) is 0 Å². The number of carbonyl (C=O) groups excluding carboxylic acids is 1. The number of nitrogens with one attached hydrogen (secondary N) is 1. The number of ether oxygens (including phenoxy) is 1. The molecule has 122 valence electrons. The van der Waals surface area contributed by atoms with Gasteiger partial charge >= 0.3 is 0 Å². The molecule has 0 unspecified atom stereocenters. The Hall–Kier alpha value is -2.73. The summed E-state index contributed by atoms with van der Waals surface area (Å²) < 4.78 is 5.01. The molecule has 1 amide bonds. The SMILES string of the molecule is COc1ccc(/C=C2\SC(=Nc3cccc(C)c3)NC2=O)cc1O. The molecule has 6 heteroatoms. The van der Waals surface area contributed by atoms with Gasteiger partial charge in [-0.1, -0.05) is 18.2 Å². The van der Waals surface area contributed by atoms with Crippen LogP contribution in [0.3, 0.4) is 0 Å². The van der Waals surface area contributed by atoms with Crippen LogP contribution in [-0.2, 0) is 4.79 Å². The predicted molar refractivity (Wildman–Crippen MR) is 96.6 cm³/mol. The highest BCUT2D eigenvalue weighted by Gasteiger charge is 2.23. The van der Waals surface area contributed by atoms with Crippen LogP contribution in [0.5, 0.6) is 11.5 Å². The third-order valence-corrected chi connectivity index (χ3v) is 4.29. The van der Waals surface area contributed by atoms with Crippen molar-refractivity contribution >= 4 is 34.6 Å².